The molecular formula is C14H21NO3. The summed E-state index contributed by atoms with van der Waals surface area (Å²) in [6, 6.07) is 9.56. The number of carbonyl (C=O) groups is 1. The summed E-state index contributed by atoms with van der Waals surface area (Å²) in [6.07, 6.45) is 0. The fraction of sp³-hybridized carbons (Fsp3) is 0.500. The van der Waals surface area contributed by atoms with Crippen LogP contribution in [-0.2, 0) is 9.53 Å². The van der Waals surface area contributed by atoms with Crippen molar-refractivity contribution in [1.29, 1.82) is 0 Å². The number of esters is 1. The third-order valence-electron chi connectivity index (χ3n) is 2.84. The Hall–Kier alpha value is -1.39. The fourth-order valence-corrected chi connectivity index (χ4v) is 1.70. The van der Waals surface area contributed by atoms with Crippen molar-refractivity contribution < 1.29 is 14.6 Å². The van der Waals surface area contributed by atoms with E-state index in [1.165, 1.54) is 7.11 Å². The third kappa shape index (κ3) is 4.47. The fourth-order valence-electron chi connectivity index (χ4n) is 1.70. The molecule has 0 aliphatic heterocycles. The molecule has 0 heterocycles. The van der Waals surface area contributed by atoms with Crippen molar-refractivity contribution in [2.24, 2.45) is 5.92 Å². The molecule has 0 aromatic heterocycles. The minimum Gasteiger partial charge on any atom is -0.469 e. The number of aliphatic hydroxyl groups is 1. The topological polar surface area (TPSA) is 58.6 Å². The molecule has 0 radical (unpaired) electrons. The van der Waals surface area contributed by atoms with Crippen LogP contribution in [0.3, 0.4) is 0 Å². The molecule has 2 unspecified atom stereocenters. The SMILES string of the molecule is COC(=O)C(CNCC(C)CO)c1ccccc1. The highest BCUT2D eigenvalue weighted by atomic mass is 16.5. The molecule has 0 saturated heterocycles. The lowest BCUT2D eigenvalue weighted by atomic mass is 9.99. The Morgan fingerprint density at radius 2 is 2.00 bits per heavy atom. The summed E-state index contributed by atoms with van der Waals surface area (Å²) < 4.78 is 4.82. The molecule has 0 aliphatic carbocycles. The van der Waals surface area contributed by atoms with Gasteiger partial charge < -0.3 is 15.2 Å². The second-order valence-electron chi connectivity index (χ2n) is 4.43. The van der Waals surface area contributed by atoms with Gasteiger partial charge in [0, 0.05) is 13.2 Å². The summed E-state index contributed by atoms with van der Waals surface area (Å²) in [5, 5.41) is 12.1. The summed E-state index contributed by atoms with van der Waals surface area (Å²) >= 11 is 0. The molecule has 1 aromatic carbocycles. The summed E-state index contributed by atoms with van der Waals surface area (Å²) in [7, 11) is 1.40. The van der Waals surface area contributed by atoms with Gasteiger partial charge in [0.05, 0.1) is 13.0 Å². The van der Waals surface area contributed by atoms with Crippen molar-refractivity contribution in [1.82, 2.24) is 5.32 Å². The number of rotatable bonds is 7. The van der Waals surface area contributed by atoms with Crippen LogP contribution in [0, 0.1) is 5.92 Å². The Morgan fingerprint density at radius 3 is 2.56 bits per heavy atom. The Balaban J connectivity index is 2.60. The lowest BCUT2D eigenvalue weighted by molar-refractivity contribution is -0.142. The van der Waals surface area contributed by atoms with Crippen LogP contribution < -0.4 is 5.32 Å². The first-order valence-electron chi connectivity index (χ1n) is 6.13. The minimum absolute atomic E-state index is 0.140. The molecule has 18 heavy (non-hydrogen) atoms. The van der Waals surface area contributed by atoms with Crippen molar-refractivity contribution in [2.45, 2.75) is 12.8 Å². The highest BCUT2D eigenvalue weighted by molar-refractivity contribution is 5.78. The first kappa shape index (κ1) is 14.7. The number of ether oxygens (including phenoxy) is 1. The summed E-state index contributed by atoms with van der Waals surface area (Å²) in [5.41, 5.74) is 0.938. The number of carbonyl (C=O) groups excluding carboxylic acids is 1. The van der Waals surface area contributed by atoms with E-state index in [0.717, 1.165) is 5.56 Å². The van der Waals surface area contributed by atoms with E-state index in [2.05, 4.69) is 5.32 Å². The number of nitrogens with one attached hydrogen (secondary N) is 1. The molecule has 4 nitrogen and oxygen atoms in total. The van der Waals surface area contributed by atoms with E-state index < -0.39 is 0 Å². The quantitative estimate of drug-likeness (QED) is 0.714. The molecular weight excluding hydrogens is 230 g/mol. The summed E-state index contributed by atoms with van der Waals surface area (Å²) in [6.45, 7) is 3.28. The third-order valence-corrected chi connectivity index (χ3v) is 2.84. The smallest absolute Gasteiger partial charge is 0.314 e. The van der Waals surface area contributed by atoms with Gasteiger partial charge in [-0.25, -0.2) is 0 Å². The molecule has 100 valence electrons. The van der Waals surface area contributed by atoms with Crippen LogP contribution in [0.2, 0.25) is 0 Å². The van der Waals surface area contributed by atoms with E-state index in [9.17, 15) is 4.79 Å². The second-order valence-corrected chi connectivity index (χ2v) is 4.43. The highest BCUT2D eigenvalue weighted by Gasteiger charge is 2.20. The van der Waals surface area contributed by atoms with E-state index >= 15 is 0 Å². The maximum absolute atomic E-state index is 11.7. The Bertz CT molecular complexity index is 353. The molecule has 1 aromatic rings. The molecule has 1 rings (SSSR count). The largest absolute Gasteiger partial charge is 0.469 e. The van der Waals surface area contributed by atoms with Crippen molar-refractivity contribution in [3.63, 3.8) is 0 Å². The van der Waals surface area contributed by atoms with Crippen LogP contribution in [0.15, 0.2) is 30.3 Å². The molecule has 2 atom stereocenters. The number of hydrogen-bond acceptors (Lipinski definition) is 4. The maximum Gasteiger partial charge on any atom is 0.314 e. The van der Waals surface area contributed by atoms with Gasteiger partial charge in [0.2, 0.25) is 0 Å². The molecule has 0 aliphatic rings. The van der Waals surface area contributed by atoms with Gasteiger partial charge >= 0.3 is 5.97 Å². The number of aliphatic hydroxyl groups excluding tert-OH is 1. The molecule has 0 spiro atoms. The van der Waals surface area contributed by atoms with Crippen LogP contribution in [-0.4, -0.2) is 37.9 Å². The maximum atomic E-state index is 11.7. The molecule has 4 heteroatoms. The van der Waals surface area contributed by atoms with E-state index in [1.807, 2.05) is 37.3 Å². The van der Waals surface area contributed by atoms with Crippen LogP contribution in [0.4, 0.5) is 0 Å². The van der Waals surface area contributed by atoms with Gasteiger partial charge in [-0.15, -0.1) is 0 Å². The van der Waals surface area contributed by atoms with Crippen LogP contribution in [0.5, 0.6) is 0 Å². The predicted octanol–water partition coefficient (Wildman–Crippen LogP) is 1.16. The van der Waals surface area contributed by atoms with Crippen LogP contribution >= 0.6 is 0 Å². The van der Waals surface area contributed by atoms with Crippen LogP contribution in [0.1, 0.15) is 18.4 Å². The van der Waals surface area contributed by atoms with Crippen molar-refractivity contribution >= 4 is 5.97 Å². The number of benzene rings is 1. The Morgan fingerprint density at radius 1 is 1.33 bits per heavy atom. The Kier molecular flexibility index (Phi) is 6.39. The lowest BCUT2D eigenvalue weighted by Gasteiger charge is -2.17. The Labute approximate surface area is 108 Å². The minimum atomic E-state index is -0.304. The number of hydrogen-bond donors (Lipinski definition) is 2. The standard InChI is InChI=1S/C14H21NO3/c1-11(10-16)8-15-9-13(14(17)18-2)12-6-4-3-5-7-12/h3-7,11,13,15-16H,8-10H2,1-2H3. The van der Waals surface area contributed by atoms with Gasteiger partial charge in [0.15, 0.2) is 0 Å². The van der Waals surface area contributed by atoms with E-state index in [1.54, 1.807) is 0 Å². The molecule has 0 saturated carbocycles. The van der Waals surface area contributed by atoms with Gasteiger partial charge in [0.1, 0.15) is 0 Å². The van der Waals surface area contributed by atoms with Gasteiger partial charge in [-0.3, -0.25) is 4.79 Å². The van der Waals surface area contributed by atoms with Gasteiger partial charge in [-0.2, -0.15) is 0 Å². The van der Waals surface area contributed by atoms with Crippen molar-refractivity contribution in [3.8, 4) is 0 Å². The first-order valence-corrected chi connectivity index (χ1v) is 6.13. The normalized spacial score (nSPS) is 13.9. The average molecular weight is 251 g/mol. The van der Waals surface area contributed by atoms with Gasteiger partial charge in [0.25, 0.3) is 0 Å². The summed E-state index contributed by atoms with van der Waals surface area (Å²) in [5.74, 6) is -0.369. The van der Waals surface area contributed by atoms with Crippen molar-refractivity contribution in [3.05, 3.63) is 35.9 Å². The number of methoxy groups -OCH3 is 1. The average Bonchev–Trinajstić information content (AvgIpc) is 2.43. The van der Waals surface area contributed by atoms with Gasteiger partial charge in [-0.1, -0.05) is 37.3 Å². The second kappa shape index (κ2) is 7.84. The van der Waals surface area contributed by atoms with Gasteiger partial charge in [-0.05, 0) is 18.0 Å². The zero-order chi connectivity index (χ0) is 13.4. The molecule has 0 bridgehead atoms. The van der Waals surface area contributed by atoms with Crippen molar-refractivity contribution in [2.75, 3.05) is 26.8 Å². The van der Waals surface area contributed by atoms with E-state index in [4.69, 9.17) is 9.84 Å². The zero-order valence-electron chi connectivity index (χ0n) is 10.9. The van der Waals surface area contributed by atoms with Crippen LogP contribution in [0.25, 0.3) is 0 Å². The van der Waals surface area contributed by atoms with E-state index in [-0.39, 0.29) is 24.4 Å². The predicted molar refractivity (Wildman–Crippen MR) is 70.3 cm³/mol. The summed E-state index contributed by atoms with van der Waals surface area (Å²) in [4.78, 5) is 11.7. The lowest BCUT2D eigenvalue weighted by Crippen LogP contribution is -2.31. The first-order chi connectivity index (χ1) is 8.69. The molecule has 0 fully saturated rings. The monoisotopic (exact) mass is 251 g/mol. The molecule has 0 amide bonds. The zero-order valence-corrected chi connectivity index (χ0v) is 10.9. The highest BCUT2D eigenvalue weighted by Crippen LogP contribution is 2.16. The van der Waals surface area contributed by atoms with E-state index in [0.29, 0.717) is 13.1 Å². The molecule has 2 N–H and O–H groups in total.